The summed E-state index contributed by atoms with van der Waals surface area (Å²) in [5.74, 6) is 0.892. The summed E-state index contributed by atoms with van der Waals surface area (Å²) in [6.45, 7) is 1.95. The van der Waals surface area contributed by atoms with Crippen LogP contribution in [0.15, 0.2) is 24.3 Å². The fraction of sp³-hybridized carbons (Fsp3) is 0.571. The predicted molar refractivity (Wildman–Crippen MR) is 66.1 cm³/mol. The molecule has 1 N–H and O–H groups in total. The molecule has 1 aromatic rings. The van der Waals surface area contributed by atoms with Gasteiger partial charge in [0.25, 0.3) is 0 Å². The molecule has 0 saturated heterocycles. The molecule has 3 nitrogen and oxygen atoms in total. The molecule has 0 aromatic heterocycles. The molecular weight excluding hydrogens is 216 g/mol. The van der Waals surface area contributed by atoms with Gasteiger partial charge in [-0.1, -0.05) is 12.1 Å². The van der Waals surface area contributed by atoms with Crippen LogP contribution in [-0.4, -0.2) is 24.4 Å². The zero-order valence-electron chi connectivity index (χ0n) is 10.4. The van der Waals surface area contributed by atoms with Crippen LogP contribution in [0.4, 0.5) is 0 Å². The van der Waals surface area contributed by atoms with Crippen molar-refractivity contribution < 1.29 is 14.6 Å². The van der Waals surface area contributed by atoms with Crippen LogP contribution in [0, 0.1) is 0 Å². The Kier molecular flexibility index (Phi) is 4.02. The SMILES string of the molecule is COC(C)CC(O)c1ccc(OC2CC2)cc1. The molecule has 0 radical (unpaired) electrons. The van der Waals surface area contributed by atoms with Crippen LogP contribution >= 0.6 is 0 Å². The van der Waals surface area contributed by atoms with Crippen molar-refractivity contribution in [2.75, 3.05) is 7.11 Å². The van der Waals surface area contributed by atoms with Crippen LogP contribution in [0.3, 0.4) is 0 Å². The number of rotatable bonds is 6. The summed E-state index contributed by atoms with van der Waals surface area (Å²) in [4.78, 5) is 0. The van der Waals surface area contributed by atoms with Crippen molar-refractivity contribution in [3.63, 3.8) is 0 Å². The molecule has 2 atom stereocenters. The van der Waals surface area contributed by atoms with Crippen LogP contribution in [0.1, 0.15) is 37.9 Å². The fourth-order valence-corrected chi connectivity index (χ4v) is 1.69. The quantitative estimate of drug-likeness (QED) is 0.825. The van der Waals surface area contributed by atoms with E-state index in [9.17, 15) is 5.11 Å². The van der Waals surface area contributed by atoms with E-state index in [2.05, 4.69) is 0 Å². The van der Waals surface area contributed by atoms with Gasteiger partial charge in [-0.3, -0.25) is 0 Å². The number of benzene rings is 1. The molecule has 3 heteroatoms. The molecule has 0 heterocycles. The minimum atomic E-state index is -0.472. The fourth-order valence-electron chi connectivity index (χ4n) is 1.69. The Morgan fingerprint density at radius 1 is 1.29 bits per heavy atom. The highest BCUT2D eigenvalue weighted by atomic mass is 16.5. The third-order valence-electron chi connectivity index (χ3n) is 3.05. The van der Waals surface area contributed by atoms with Crippen LogP contribution in [0.5, 0.6) is 5.75 Å². The topological polar surface area (TPSA) is 38.7 Å². The molecule has 1 aliphatic carbocycles. The predicted octanol–water partition coefficient (Wildman–Crippen LogP) is 2.69. The summed E-state index contributed by atoms with van der Waals surface area (Å²) in [5.41, 5.74) is 0.914. The molecule has 1 fully saturated rings. The zero-order valence-corrected chi connectivity index (χ0v) is 10.4. The molecular formula is C14H20O3. The first-order valence-corrected chi connectivity index (χ1v) is 6.16. The second kappa shape index (κ2) is 5.52. The third-order valence-corrected chi connectivity index (χ3v) is 3.05. The van der Waals surface area contributed by atoms with Crippen molar-refractivity contribution in [1.82, 2.24) is 0 Å². The van der Waals surface area contributed by atoms with E-state index in [1.54, 1.807) is 7.11 Å². The molecule has 1 aromatic carbocycles. The van der Waals surface area contributed by atoms with Gasteiger partial charge >= 0.3 is 0 Å². The van der Waals surface area contributed by atoms with Crippen molar-refractivity contribution in [2.24, 2.45) is 0 Å². The zero-order chi connectivity index (χ0) is 12.3. The standard InChI is InChI=1S/C14H20O3/c1-10(16-2)9-14(15)11-3-5-12(6-4-11)17-13-7-8-13/h3-6,10,13-15H,7-9H2,1-2H3. The van der Waals surface area contributed by atoms with E-state index >= 15 is 0 Å². The maximum Gasteiger partial charge on any atom is 0.119 e. The largest absolute Gasteiger partial charge is 0.490 e. The Morgan fingerprint density at radius 3 is 2.47 bits per heavy atom. The molecule has 1 aliphatic rings. The average Bonchev–Trinajstić information content (AvgIpc) is 3.13. The van der Waals surface area contributed by atoms with Gasteiger partial charge in [0.15, 0.2) is 0 Å². The number of aliphatic hydroxyl groups excluding tert-OH is 1. The first-order valence-electron chi connectivity index (χ1n) is 6.16. The lowest BCUT2D eigenvalue weighted by Gasteiger charge is -2.15. The molecule has 0 spiro atoms. The monoisotopic (exact) mass is 236 g/mol. The van der Waals surface area contributed by atoms with E-state index in [4.69, 9.17) is 9.47 Å². The van der Waals surface area contributed by atoms with E-state index in [-0.39, 0.29) is 6.10 Å². The van der Waals surface area contributed by atoms with Crippen molar-refractivity contribution >= 4 is 0 Å². The van der Waals surface area contributed by atoms with E-state index < -0.39 is 6.10 Å². The van der Waals surface area contributed by atoms with Gasteiger partial charge in [0.2, 0.25) is 0 Å². The maximum atomic E-state index is 9.99. The Morgan fingerprint density at radius 2 is 1.94 bits per heavy atom. The van der Waals surface area contributed by atoms with E-state index in [0.29, 0.717) is 12.5 Å². The molecule has 0 bridgehead atoms. The second-order valence-electron chi connectivity index (χ2n) is 4.68. The molecule has 1 saturated carbocycles. The van der Waals surface area contributed by atoms with Crippen LogP contribution < -0.4 is 4.74 Å². The van der Waals surface area contributed by atoms with Crippen molar-refractivity contribution in [3.05, 3.63) is 29.8 Å². The lowest BCUT2D eigenvalue weighted by atomic mass is 10.0. The summed E-state index contributed by atoms with van der Waals surface area (Å²) in [6, 6.07) is 7.69. The number of hydrogen-bond acceptors (Lipinski definition) is 3. The van der Waals surface area contributed by atoms with Gasteiger partial charge in [-0.05, 0) is 37.5 Å². The van der Waals surface area contributed by atoms with Crippen molar-refractivity contribution in [3.8, 4) is 5.75 Å². The van der Waals surface area contributed by atoms with Gasteiger partial charge < -0.3 is 14.6 Å². The lowest BCUT2D eigenvalue weighted by Crippen LogP contribution is -2.10. The van der Waals surface area contributed by atoms with E-state index in [1.165, 1.54) is 0 Å². The Bertz CT molecular complexity index is 343. The van der Waals surface area contributed by atoms with E-state index in [0.717, 1.165) is 24.2 Å². The minimum absolute atomic E-state index is 0.0624. The summed E-state index contributed by atoms with van der Waals surface area (Å²) in [7, 11) is 1.66. The molecule has 0 amide bonds. The normalized spacial score (nSPS) is 18.8. The minimum Gasteiger partial charge on any atom is -0.490 e. The number of hydrogen-bond donors (Lipinski definition) is 1. The average molecular weight is 236 g/mol. The van der Waals surface area contributed by atoms with Gasteiger partial charge in [0.1, 0.15) is 5.75 Å². The van der Waals surface area contributed by atoms with E-state index in [1.807, 2.05) is 31.2 Å². The molecule has 94 valence electrons. The molecule has 17 heavy (non-hydrogen) atoms. The summed E-state index contributed by atoms with van der Waals surface area (Å²) >= 11 is 0. The van der Waals surface area contributed by atoms with Crippen LogP contribution in [-0.2, 0) is 4.74 Å². The van der Waals surface area contributed by atoms with Crippen LogP contribution in [0.2, 0.25) is 0 Å². The van der Waals surface area contributed by atoms with Gasteiger partial charge in [-0.25, -0.2) is 0 Å². The molecule has 0 aliphatic heterocycles. The summed E-state index contributed by atoms with van der Waals surface area (Å²) in [6.07, 6.45) is 2.94. The number of ether oxygens (including phenoxy) is 2. The first-order chi connectivity index (χ1) is 8.19. The van der Waals surface area contributed by atoms with Crippen molar-refractivity contribution in [1.29, 1.82) is 0 Å². The highest BCUT2D eigenvalue weighted by Gasteiger charge is 2.23. The summed E-state index contributed by atoms with van der Waals surface area (Å²) < 4.78 is 10.8. The highest BCUT2D eigenvalue weighted by Crippen LogP contribution is 2.28. The maximum absolute atomic E-state index is 9.99. The highest BCUT2D eigenvalue weighted by molar-refractivity contribution is 5.29. The Labute approximate surface area is 102 Å². The second-order valence-corrected chi connectivity index (χ2v) is 4.68. The van der Waals surface area contributed by atoms with Gasteiger partial charge in [-0.15, -0.1) is 0 Å². The van der Waals surface area contributed by atoms with Gasteiger partial charge in [0, 0.05) is 13.5 Å². The summed E-state index contributed by atoms with van der Waals surface area (Å²) in [5, 5.41) is 9.99. The smallest absolute Gasteiger partial charge is 0.119 e. The number of aliphatic hydroxyl groups is 1. The van der Waals surface area contributed by atoms with Crippen molar-refractivity contribution in [2.45, 2.75) is 44.5 Å². The lowest BCUT2D eigenvalue weighted by molar-refractivity contribution is 0.0559. The first kappa shape index (κ1) is 12.4. The Balaban J connectivity index is 1.91. The van der Waals surface area contributed by atoms with Gasteiger partial charge in [-0.2, -0.15) is 0 Å². The molecule has 2 rings (SSSR count). The Hall–Kier alpha value is -1.06. The number of methoxy groups -OCH3 is 1. The molecule has 2 unspecified atom stereocenters. The van der Waals surface area contributed by atoms with Gasteiger partial charge in [0.05, 0.1) is 18.3 Å². The van der Waals surface area contributed by atoms with Crippen LogP contribution in [0.25, 0.3) is 0 Å². The third kappa shape index (κ3) is 3.72.